The van der Waals surface area contributed by atoms with Crippen LogP contribution in [0.5, 0.6) is 0 Å². The number of nitrogens with one attached hydrogen (secondary N) is 1. The zero-order chi connectivity index (χ0) is 15.4. The zero-order valence-corrected chi connectivity index (χ0v) is 12.5. The molecule has 0 bridgehead atoms. The standard InChI is InChI=1S/C15H22N4O2/c1-10(2)14(16)15(21)18-8-13(20)19-7-5-12-11(9-19)4-3-6-17-12/h3-4,6,10,14H,5,7-9,16H2,1-2H3,(H,18,21)/t14-/m0/s1. The van der Waals surface area contributed by atoms with E-state index in [1.165, 1.54) is 0 Å². The van der Waals surface area contributed by atoms with Gasteiger partial charge in [-0.15, -0.1) is 0 Å². The highest BCUT2D eigenvalue weighted by Crippen LogP contribution is 2.16. The van der Waals surface area contributed by atoms with Gasteiger partial charge in [0.25, 0.3) is 0 Å². The van der Waals surface area contributed by atoms with E-state index in [1.54, 1.807) is 11.1 Å². The number of carbonyl (C=O) groups excluding carboxylic acids is 2. The van der Waals surface area contributed by atoms with Crippen molar-refractivity contribution in [3.63, 3.8) is 0 Å². The summed E-state index contributed by atoms with van der Waals surface area (Å²) in [6, 6.07) is 3.27. The molecular weight excluding hydrogens is 268 g/mol. The SMILES string of the molecule is CC(C)[C@H](N)C(=O)NCC(=O)N1CCc2ncccc2C1. The van der Waals surface area contributed by atoms with E-state index < -0.39 is 6.04 Å². The van der Waals surface area contributed by atoms with Gasteiger partial charge in [0.1, 0.15) is 0 Å². The lowest BCUT2D eigenvalue weighted by atomic mass is 10.0. The first-order valence-electron chi connectivity index (χ1n) is 7.23. The number of fused-ring (bicyclic) bond motifs is 1. The monoisotopic (exact) mass is 290 g/mol. The topological polar surface area (TPSA) is 88.3 Å². The molecule has 0 aromatic carbocycles. The Morgan fingerprint density at radius 3 is 2.95 bits per heavy atom. The van der Waals surface area contributed by atoms with Crippen LogP contribution >= 0.6 is 0 Å². The highest BCUT2D eigenvalue weighted by Gasteiger charge is 2.23. The predicted molar refractivity (Wildman–Crippen MR) is 79.2 cm³/mol. The average molecular weight is 290 g/mol. The molecule has 21 heavy (non-hydrogen) atoms. The van der Waals surface area contributed by atoms with Gasteiger partial charge in [-0.25, -0.2) is 0 Å². The fourth-order valence-electron chi connectivity index (χ4n) is 2.27. The zero-order valence-electron chi connectivity index (χ0n) is 12.5. The van der Waals surface area contributed by atoms with Gasteiger partial charge >= 0.3 is 0 Å². The number of nitrogens with zero attached hydrogens (tertiary/aromatic N) is 2. The van der Waals surface area contributed by atoms with Crippen molar-refractivity contribution < 1.29 is 9.59 Å². The van der Waals surface area contributed by atoms with Crippen LogP contribution in [0.4, 0.5) is 0 Å². The highest BCUT2D eigenvalue weighted by molar-refractivity contribution is 5.87. The van der Waals surface area contributed by atoms with Crippen molar-refractivity contribution in [1.29, 1.82) is 0 Å². The third kappa shape index (κ3) is 3.78. The third-order valence-corrected chi connectivity index (χ3v) is 3.75. The number of rotatable bonds is 4. The van der Waals surface area contributed by atoms with Gasteiger partial charge in [-0.1, -0.05) is 19.9 Å². The van der Waals surface area contributed by atoms with Crippen molar-refractivity contribution >= 4 is 11.8 Å². The summed E-state index contributed by atoms with van der Waals surface area (Å²) in [4.78, 5) is 30.0. The lowest BCUT2D eigenvalue weighted by Gasteiger charge is -2.28. The largest absolute Gasteiger partial charge is 0.346 e. The fraction of sp³-hybridized carbons (Fsp3) is 0.533. The number of hydrogen-bond acceptors (Lipinski definition) is 4. The van der Waals surface area contributed by atoms with Gasteiger partial charge in [0.05, 0.1) is 12.6 Å². The fourth-order valence-corrected chi connectivity index (χ4v) is 2.27. The Labute approximate surface area is 124 Å². The van der Waals surface area contributed by atoms with Crippen LogP contribution in [0.2, 0.25) is 0 Å². The van der Waals surface area contributed by atoms with Gasteiger partial charge in [-0.2, -0.15) is 0 Å². The molecule has 0 radical (unpaired) electrons. The molecular formula is C15H22N4O2. The van der Waals surface area contributed by atoms with Crippen LogP contribution in [0, 0.1) is 5.92 Å². The second-order valence-electron chi connectivity index (χ2n) is 5.66. The molecule has 1 aromatic heterocycles. The normalized spacial score (nSPS) is 15.5. The van der Waals surface area contributed by atoms with Crippen molar-refractivity contribution in [3.8, 4) is 0 Å². The molecule has 1 aliphatic heterocycles. The molecule has 114 valence electrons. The van der Waals surface area contributed by atoms with E-state index in [9.17, 15) is 9.59 Å². The van der Waals surface area contributed by atoms with Gasteiger partial charge in [0.15, 0.2) is 0 Å². The smallest absolute Gasteiger partial charge is 0.242 e. The first-order valence-corrected chi connectivity index (χ1v) is 7.23. The average Bonchev–Trinajstić information content (AvgIpc) is 2.50. The van der Waals surface area contributed by atoms with E-state index in [0.717, 1.165) is 17.7 Å². The van der Waals surface area contributed by atoms with Crippen LogP contribution < -0.4 is 11.1 Å². The second kappa shape index (κ2) is 6.67. The number of carbonyl (C=O) groups is 2. The molecule has 6 heteroatoms. The van der Waals surface area contributed by atoms with Crippen molar-refractivity contribution in [2.75, 3.05) is 13.1 Å². The summed E-state index contributed by atoms with van der Waals surface area (Å²) in [6.07, 6.45) is 2.52. The Morgan fingerprint density at radius 2 is 2.24 bits per heavy atom. The van der Waals surface area contributed by atoms with Crippen LogP contribution in [0.1, 0.15) is 25.1 Å². The predicted octanol–water partition coefficient (Wildman–Crippen LogP) is 0.0658. The summed E-state index contributed by atoms with van der Waals surface area (Å²) >= 11 is 0. The van der Waals surface area contributed by atoms with Crippen molar-refractivity contribution in [1.82, 2.24) is 15.2 Å². The molecule has 0 saturated heterocycles. The quantitative estimate of drug-likeness (QED) is 0.821. The van der Waals surface area contributed by atoms with E-state index in [1.807, 2.05) is 26.0 Å². The van der Waals surface area contributed by atoms with Gasteiger partial charge in [0, 0.05) is 31.4 Å². The maximum absolute atomic E-state index is 12.2. The Morgan fingerprint density at radius 1 is 1.48 bits per heavy atom. The van der Waals surface area contributed by atoms with Gasteiger partial charge in [-0.3, -0.25) is 14.6 Å². The van der Waals surface area contributed by atoms with Gasteiger partial charge < -0.3 is 16.0 Å². The van der Waals surface area contributed by atoms with Crippen LogP contribution in [0.25, 0.3) is 0 Å². The molecule has 2 rings (SSSR count). The molecule has 2 heterocycles. The lowest BCUT2D eigenvalue weighted by Crippen LogP contribution is -2.48. The third-order valence-electron chi connectivity index (χ3n) is 3.75. The first-order chi connectivity index (χ1) is 9.99. The maximum atomic E-state index is 12.2. The van der Waals surface area contributed by atoms with E-state index in [4.69, 9.17) is 5.73 Å². The first kappa shape index (κ1) is 15.4. The molecule has 0 saturated carbocycles. The summed E-state index contributed by atoms with van der Waals surface area (Å²) in [5, 5.41) is 2.61. The minimum Gasteiger partial charge on any atom is -0.346 e. The van der Waals surface area contributed by atoms with Gasteiger partial charge in [0.2, 0.25) is 11.8 Å². The van der Waals surface area contributed by atoms with Crippen molar-refractivity contribution in [2.24, 2.45) is 11.7 Å². The molecule has 1 atom stereocenters. The second-order valence-corrected chi connectivity index (χ2v) is 5.66. The van der Waals surface area contributed by atoms with Gasteiger partial charge in [-0.05, 0) is 17.5 Å². The Kier molecular flexibility index (Phi) is 4.90. The van der Waals surface area contributed by atoms with Crippen LogP contribution in [-0.2, 0) is 22.6 Å². The Bertz CT molecular complexity index is 530. The van der Waals surface area contributed by atoms with E-state index in [0.29, 0.717) is 13.1 Å². The van der Waals surface area contributed by atoms with Crippen LogP contribution in [0.3, 0.4) is 0 Å². The number of amides is 2. The molecule has 6 nitrogen and oxygen atoms in total. The van der Waals surface area contributed by atoms with Crippen LogP contribution in [0.15, 0.2) is 18.3 Å². The summed E-state index contributed by atoms with van der Waals surface area (Å²) < 4.78 is 0. The highest BCUT2D eigenvalue weighted by atomic mass is 16.2. The summed E-state index contributed by atoms with van der Waals surface area (Å²) in [7, 11) is 0. The minimum absolute atomic E-state index is 0.00511. The van der Waals surface area contributed by atoms with E-state index >= 15 is 0 Å². The Balaban J connectivity index is 1.87. The number of aromatic nitrogens is 1. The molecule has 0 spiro atoms. The molecule has 0 fully saturated rings. The summed E-state index contributed by atoms with van der Waals surface area (Å²) in [6.45, 7) is 4.93. The van der Waals surface area contributed by atoms with Crippen LogP contribution in [-0.4, -0.2) is 40.8 Å². The summed E-state index contributed by atoms with van der Waals surface area (Å²) in [5.41, 5.74) is 7.86. The molecule has 0 aliphatic carbocycles. The molecule has 1 aromatic rings. The molecule has 3 N–H and O–H groups in total. The number of nitrogens with two attached hydrogens (primary N) is 1. The number of hydrogen-bond donors (Lipinski definition) is 2. The summed E-state index contributed by atoms with van der Waals surface area (Å²) in [5.74, 6) is -0.320. The van der Waals surface area contributed by atoms with E-state index in [-0.39, 0.29) is 24.3 Å². The maximum Gasteiger partial charge on any atom is 0.242 e. The molecule has 0 unspecified atom stereocenters. The molecule has 2 amide bonds. The molecule has 1 aliphatic rings. The lowest BCUT2D eigenvalue weighted by molar-refractivity contribution is -0.134. The Hall–Kier alpha value is -1.95. The van der Waals surface area contributed by atoms with Crippen molar-refractivity contribution in [3.05, 3.63) is 29.6 Å². The minimum atomic E-state index is -0.580. The van der Waals surface area contributed by atoms with E-state index in [2.05, 4.69) is 10.3 Å². The van der Waals surface area contributed by atoms with Crippen molar-refractivity contribution in [2.45, 2.75) is 32.9 Å². The number of pyridine rings is 1.